The predicted octanol–water partition coefficient (Wildman–Crippen LogP) is 2.39. The molecule has 0 unspecified atom stereocenters. The zero-order valence-corrected chi connectivity index (χ0v) is 14.1. The topological polar surface area (TPSA) is 60.3 Å². The van der Waals surface area contributed by atoms with E-state index in [0.29, 0.717) is 25.6 Å². The SMILES string of the molecule is CC(C)c1ccc(C(=O)N2CC[C@H]3[C@H](C2)OCc2cnnn23)cc1. The summed E-state index contributed by atoms with van der Waals surface area (Å²) in [6.07, 6.45) is 2.59. The number of nitrogens with zero attached hydrogens (tertiary/aromatic N) is 4. The summed E-state index contributed by atoms with van der Waals surface area (Å²) in [6.45, 7) is 6.14. The van der Waals surface area contributed by atoms with Gasteiger partial charge in [0.25, 0.3) is 5.91 Å². The molecule has 2 aromatic rings. The van der Waals surface area contributed by atoms with Crippen LogP contribution in [0, 0.1) is 0 Å². The van der Waals surface area contributed by atoms with Crippen LogP contribution in [0.25, 0.3) is 0 Å². The fourth-order valence-corrected chi connectivity index (χ4v) is 3.57. The van der Waals surface area contributed by atoms with E-state index in [4.69, 9.17) is 4.74 Å². The van der Waals surface area contributed by atoms with Gasteiger partial charge in [-0.1, -0.05) is 31.2 Å². The van der Waals surface area contributed by atoms with E-state index in [0.717, 1.165) is 17.7 Å². The zero-order chi connectivity index (χ0) is 16.7. The van der Waals surface area contributed by atoms with Crippen molar-refractivity contribution in [3.8, 4) is 0 Å². The summed E-state index contributed by atoms with van der Waals surface area (Å²) in [6, 6.07) is 8.14. The molecular weight excluding hydrogens is 304 g/mol. The fourth-order valence-electron chi connectivity index (χ4n) is 3.57. The van der Waals surface area contributed by atoms with Crippen molar-refractivity contribution < 1.29 is 9.53 Å². The van der Waals surface area contributed by atoms with Gasteiger partial charge in [0, 0.05) is 18.7 Å². The molecule has 0 spiro atoms. The van der Waals surface area contributed by atoms with Gasteiger partial charge in [-0.2, -0.15) is 0 Å². The van der Waals surface area contributed by atoms with Crippen molar-refractivity contribution in [3.05, 3.63) is 47.3 Å². The minimum Gasteiger partial charge on any atom is -0.368 e. The lowest BCUT2D eigenvalue weighted by Gasteiger charge is -2.41. The Morgan fingerprint density at radius 3 is 2.83 bits per heavy atom. The lowest BCUT2D eigenvalue weighted by Crippen LogP contribution is -2.50. The Labute approximate surface area is 141 Å². The Morgan fingerprint density at radius 1 is 1.29 bits per heavy atom. The number of amides is 1. The van der Waals surface area contributed by atoms with Crippen molar-refractivity contribution in [2.24, 2.45) is 0 Å². The Hall–Kier alpha value is -2.21. The fraction of sp³-hybridized carbons (Fsp3) is 0.500. The zero-order valence-electron chi connectivity index (χ0n) is 14.1. The molecule has 2 aliphatic rings. The number of ether oxygens (including phenoxy) is 1. The Kier molecular flexibility index (Phi) is 3.84. The van der Waals surface area contributed by atoms with Crippen molar-refractivity contribution in [2.75, 3.05) is 13.1 Å². The lowest BCUT2D eigenvalue weighted by atomic mass is 9.98. The number of hydrogen-bond donors (Lipinski definition) is 0. The second kappa shape index (κ2) is 6.02. The van der Waals surface area contributed by atoms with Crippen LogP contribution in [0.1, 0.15) is 53.8 Å². The standard InChI is InChI=1S/C18H22N4O2/c1-12(2)13-3-5-14(6-4-13)18(23)21-8-7-16-17(10-21)24-11-15-9-19-20-22(15)16/h3-6,9,12,16-17H,7-8,10-11H2,1-2H3/t16-,17-/m0/s1. The van der Waals surface area contributed by atoms with Crippen molar-refractivity contribution in [1.29, 1.82) is 0 Å². The smallest absolute Gasteiger partial charge is 0.253 e. The number of piperidine rings is 1. The van der Waals surface area contributed by atoms with E-state index >= 15 is 0 Å². The molecule has 6 nitrogen and oxygen atoms in total. The summed E-state index contributed by atoms with van der Waals surface area (Å²) >= 11 is 0. The van der Waals surface area contributed by atoms with Gasteiger partial charge in [0.05, 0.1) is 30.6 Å². The maximum absolute atomic E-state index is 12.8. The molecule has 1 fully saturated rings. The molecule has 1 amide bonds. The maximum atomic E-state index is 12.8. The van der Waals surface area contributed by atoms with E-state index in [2.05, 4.69) is 24.2 Å². The Morgan fingerprint density at radius 2 is 2.08 bits per heavy atom. The first-order valence-electron chi connectivity index (χ1n) is 8.53. The normalized spacial score (nSPS) is 23.0. The number of rotatable bonds is 2. The molecule has 1 aromatic carbocycles. The van der Waals surface area contributed by atoms with Crippen LogP contribution in [0.4, 0.5) is 0 Å². The molecule has 6 heteroatoms. The van der Waals surface area contributed by atoms with Crippen LogP contribution in [0.2, 0.25) is 0 Å². The second-order valence-corrected chi connectivity index (χ2v) is 6.90. The summed E-state index contributed by atoms with van der Waals surface area (Å²) < 4.78 is 7.90. The average Bonchev–Trinajstić information content (AvgIpc) is 3.09. The number of carbonyl (C=O) groups is 1. The summed E-state index contributed by atoms with van der Waals surface area (Å²) in [4.78, 5) is 14.7. The van der Waals surface area contributed by atoms with Crippen molar-refractivity contribution in [3.63, 3.8) is 0 Å². The third kappa shape index (κ3) is 2.60. The van der Waals surface area contributed by atoms with Crippen LogP contribution < -0.4 is 0 Å². The first-order valence-corrected chi connectivity index (χ1v) is 8.53. The highest BCUT2D eigenvalue weighted by Crippen LogP contribution is 2.31. The van der Waals surface area contributed by atoms with Crippen molar-refractivity contribution in [1.82, 2.24) is 19.9 Å². The van der Waals surface area contributed by atoms with Crippen LogP contribution in [-0.4, -0.2) is 45.0 Å². The van der Waals surface area contributed by atoms with Gasteiger partial charge < -0.3 is 9.64 Å². The third-order valence-electron chi connectivity index (χ3n) is 5.04. The van der Waals surface area contributed by atoms with Gasteiger partial charge in [0.1, 0.15) is 0 Å². The molecular formula is C18H22N4O2. The number of carbonyl (C=O) groups excluding carboxylic acids is 1. The van der Waals surface area contributed by atoms with Crippen LogP contribution in [0.15, 0.2) is 30.5 Å². The van der Waals surface area contributed by atoms with Gasteiger partial charge in [-0.15, -0.1) is 5.10 Å². The largest absolute Gasteiger partial charge is 0.368 e. The van der Waals surface area contributed by atoms with E-state index in [9.17, 15) is 4.79 Å². The van der Waals surface area contributed by atoms with Crippen LogP contribution in [0.3, 0.4) is 0 Å². The van der Waals surface area contributed by atoms with E-state index in [1.165, 1.54) is 5.56 Å². The third-order valence-corrected chi connectivity index (χ3v) is 5.04. The number of fused-ring (bicyclic) bond motifs is 3. The molecule has 1 aromatic heterocycles. The van der Waals surface area contributed by atoms with E-state index in [1.807, 2.05) is 33.8 Å². The van der Waals surface area contributed by atoms with Gasteiger partial charge in [-0.3, -0.25) is 4.79 Å². The molecule has 0 N–H and O–H groups in total. The van der Waals surface area contributed by atoms with Crippen LogP contribution in [0.5, 0.6) is 0 Å². The quantitative estimate of drug-likeness (QED) is 0.850. The van der Waals surface area contributed by atoms with Gasteiger partial charge in [0.15, 0.2) is 0 Å². The van der Waals surface area contributed by atoms with E-state index in [1.54, 1.807) is 6.20 Å². The molecule has 0 bridgehead atoms. The highest BCUT2D eigenvalue weighted by atomic mass is 16.5. The van der Waals surface area contributed by atoms with Gasteiger partial charge in [-0.25, -0.2) is 4.68 Å². The number of benzene rings is 1. The molecule has 126 valence electrons. The summed E-state index contributed by atoms with van der Waals surface area (Å²) in [7, 11) is 0. The van der Waals surface area contributed by atoms with Gasteiger partial charge in [0.2, 0.25) is 0 Å². The molecule has 1 saturated heterocycles. The summed E-state index contributed by atoms with van der Waals surface area (Å²) in [5.41, 5.74) is 3.01. The molecule has 0 saturated carbocycles. The molecule has 24 heavy (non-hydrogen) atoms. The Bertz CT molecular complexity index is 738. The van der Waals surface area contributed by atoms with Crippen molar-refractivity contribution >= 4 is 5.91 Å². The predicted molar refractivity (Wildman–Crippen MR) is 88.7 cm³/mol. The highest BCUT2D eigenvalue weighted by Gasteiger charge is 2.37. The Balaban J connectivity index is 1.48. The minimum absolute atomic E-state index is 0.00756. The minimum atomic E-state index is -0.00756. The van der Waals surface area contributed by atoms with E-state index in [-0.39, 0.29) is 18.1 Å². The highest BCUT2D eigenvalue weighted by molar-refractivity contribution is 5.94. The summed E-state index contributed by atoms with van der Waals surface area (Å²) in [5, 5.41) is 8.15. The maximum Gasteiger partial charge on any atom is 0.253 e. The number of aromatic nitrogens is 3. The molecule has 2 aliphatic heterocycles. The average molecular weight is 326 g/mol. The molecule has 3 heterocycles. The number of hydrogen-bond acceptors (Lipinski definition) is 4. The van der Waals surface area contributed by atoms with Gasteiger partial charge >= 0.3 is 0 Å². The molecule has 4 rings (SSSR count). The molecule has 2 atom stereocenters. The first-order chi connectivity index (χ1) is 11.6. The van der Waals surface area contributed by atoms with Crippen molar-refractivity contribution in [2.45, 2.75) is 44.9 Å². The van der Waals surface area contributed by atoms with Crippen LogP contribution >= 0.6 is 0 Å². The summed E-state index contributed by atoms with van der Waals surface area (Å²) in [5.74, 6) is 0.550. The van der Waals surface area contributed by atoms with Gasteiger partial charge in [-0.05, 0) is 30.0 Å². The van der Waals surface area contributed by atoms with E-state index < -0.39 is 0 Å². The van der Waals surface area contributed by atoms with Crippen LogP contribution in [-0.2, 0) is 11.3 Å². The molecule has 0 aliphatic carbocycles. The lowest BCUT2D eigenvalue weighted by molar-refractivity contribution is -0.0627. The monoisotopic (exact) mass is 326 g/mol. The second-order valence-electron chi connectivity index (χ2n) is 6.90. The molecule has 0 radical (unpaired) electrons. The number of likely N-dealkylation sites (tertiary alicyclic amines) is 1. The first kappa shape index (κ1) is 15.3.